The van der Waals surface area contributed by atoms with Crippen LogP contribution in [0.2, 0.25) is 0 Å². The number of nitrogens with zero attached hydrogens (tertiary/aromatic N) is 2. The number of hydrogen-bond acceptors (Lipinski definition) is 4. The van der Waals surface area contributed by atoms with Crippen LogP contribution in [0.15, 0.2) is 58.3 Å². The Morgan fingerprint density at radius 1 is 0.857 bits per heavy atom. The number of para-hydroxylation sites is 2. The van der Waals surface area contributed by atoms with E-state index in [9.17, 15) is 15.0 Å². The maximum Gasteiger partial charge on any atom is 0.251 e. The quantitative estimate of drug-likeness (QED) is 0.669. The molecule has 1 aliphatic carbocycles. The van der Waals surface area contributed by atoms with Crippen LogP contribution >= 0.6 is 11.8 Å². The predicted octanol–water partition coefficient (Wildman–Crippen LogP) is 4.61. The zero-order chi connectivity index (χ0) is 19.3. The molecule has 142 valence electrons. The summed E-state index contributed by atoms with van der Waals surface area (Å²) in [6.07, 6.45) is 3.45. The molecule has 3 aromatic rings. The molecule has 0 atom stereocenters. The standard InChI is InChI=1S/C22H20N2O3S/c25-20(13-23-21(26)14-7-1-2-8-15(14)22(23)27)24-16-9-3-5-11-18(16)28-19-12-6-4-10-17(19)24/h3-6,9-12,26-27H,1-2,7-8,13H2. The molecule has 0 radical (unpaired) electrons. The number of amides is 1. The number of rotatable bonds is 2. The van der Waals surface area contributed by atoms with Crippen molar-refractivity contribution < 1.29 is 15.0 Å². The molecule has 6 heteroatoms. The van der Waals surface area contributed by atoms with E-state index >= 15 is 0 Å². The molecule has 2 aromatic carbocycles. The van der Waals surface area contributed by atoms with Crippen molar-refractivity contribution in [1.29, 1.82) is 0 Å². The summed E-state index contributed by atoms with van der Waals surface area (Å²) in [5, 5.41) is 21.2. The lowest BCUT2D eigenvalue weighted by Crippen LogP contribution is -2.31. The van der Waals surface area contributed by atoms with E-state index in [1.165, 1.54) is 4.57 Å². The van der Waals surface area contributed by atoms with Crippen LogP contribution in [-0.4, -0.2) is 20.7 Å². The third-order valence-corrected chi connectivity index (χ3v) is 6.62. The van der Waals surface area contributed by atoms with Gasteiger partial charge in [0.1, 0.15) is 6.54 Å². The summed E-state index contributed by atoms with van der Waals surface area (Å²) in [5.74, 6) is -0.153. The van der Waals surface area contributed by atoms with Gasteiger partial charge in [0.15, 0.2) is 11.8 Å². The third kappa shape index (κ3) is 2.59. The fourth-order valence-corrected chi connectivity index (χ4v) is 5.21. The SMILES string of the molecule is O=C(Cn1c(O)c2c(c1O)CCCC2)N1c2ccccc2Sc2ccccc21. The molecule has 2 N–H and O–H groups in total. The summed E-state index contributed by atoms with van der Waals surface area (Å²) in [4.78, 5) is 17.1. The minimum absolute atomic E-state index is 0.0218. The Bertz CT molecular complexity index is 1010. The minimum atomic E-state index is -0.196. The largest absolute Gasteiger partial charge is 0.494 e. The van der Waals surface area contributed by atoms with Gasteiger partial charge in [-0.25, -0.2) is 0 Å². The Hall–Kier alpha value is -2.86. The lowest BCUT2D eigenvalue weighted by molar-refractivity contribution is -0.118. The van der Waals surface area contributed by atoms with Crippen LogP contribution in [0.3, 0.4) is 0 Å². The molecular formula is C22H20N2O3S. The van der Waals surface area contributed by atoms with Crippen molar-refractivity contribution in [2.24, 2.45) is 0 Å². The van der Waals surface area contributed by atoms with Gasteiger partial charge in [-0.05, 0) is 49.9 Å². The van der Waals surface area contributed by atoms with Crippen molar-refractivity contribution in [3.63, 3.8) is 0 Å². The van der Waals surface area contributed by atoms with E-state index < -0.39 is 0 Å². The van der Waals surface area contributed by atoms with Crippen LogP contribution in [0.4, 0.5) is 11.4 Å². The number of carbonyl (C=O) groups excluding carboxylic acids is 1. The van der Waals surface area contributed by atoms with Gasteiger partial charge >= 0.3 is 0 Å². The van der Waals surface area contributed by atoms with Gasteiger partial charge in [0.2, 0.25) is 0 Å². The van der Waals surface area contributed by atoms with Crippen molar-refractivity contribution >= 4 is 29.0 Å². The predicted molar refractivity (Wildman–Crippen MR) is 109 cm³/mol. The molecule has 0 fully saturated rings. The summed E-state index contributed by atoms with van der Waals surface area (Å²) < 4.78 is 1.35. The number of fused-ring (bicyclic) bond motifs is 3. The van der Waals surface area contributed by atoms with Crippen molar-refractivity contribution in [2.75, 3.05) is 4.90 Å². The van der Waals surface area contributed by atoms with Gasteiger partial charge in [-0.1, -0.05) is 36.0 Å². The fourth-order valence-electron chi connectivity index (χ4n) is 4.15. The van der Waals surface area contributed by atoms with Gasteiger partial charge in [0.05, 0.1) is 11.4 Å². The molecule has 0 bridgehead atoms. The van der Waals surface area contributed by atoms with E-state index in [0.29, 0.717) is 0 Å². The van der Waals surface area contributed by atoms with Crippen LogP contribution in [0, 0.1) is 0 Å². The van der Waals surface area contributed by atoms with Crippen molar-refractivity contribution in [2.45, 2.75) is 42.0 Å². The first kappa shape index (κ1) is 17.3. The Balaban J connectivity index is 1.56. The monoisotopic (exact) mass is 392 g/mol. The number of aromatic hydroxyl groups is 2. The fraction of sp³-hybridized carbons (Fsp3) is 0.227. The Morgan fingerprint density at radius 2 is 1.36 bits per heavy atom. The Labute approximate surface area is 167 Å². The highest BCUT2D eigenvalue weighted by Gasteiger charge is 2.31. The molecule has 0 spiro atoms. The molecule has 28 heavy (non-hydrogen) atoms. The van der Waals surface area contributed by atoms with Crippen molar-refractivity contribution in [1.82, 2.24) is 4.57 Å². The molecule has 0 saturated heterocycles. The minimum Gasteiger partial charge on any atom is -0.494 e. The van der Waals surface area contributed by atoms with Gasteiger partial charge in [0.25, 0.3) is 5.91 Å². The van der Waals surface area contributed by atoms with E-state index in [4.69, 9.17) is 0 Å². The van der Waals surface area contributed by atoms with Crippen LogP contribution < -0.4 is 4.90 Å². The molecule has 1 aromatic heterocycles. The first-order valence-corrected chi connectivity index (χ1v) is 10.3. The summed E-state index contributed by atoms with van der Waals surface area (Å²) in [7, 11) is 0. The smallest absolute Gasteiger partial charge is 0.251 e. The maximum absolute atomic E-state index is 13.4. The lowest BCUT2D eigenvalue weighted by Gasteiger charge is -2.31. The molecule has 5 nitrogen and oxygen atoms in total. The average Bonchev–Trinajstić information content (AvgIpc) is 2.97. The molecule has 2 aliphatic rings. The molecular weight excluding hydrogens is 372 g/mol. The summed E-state index contributed by atoms with van der Waals surface area (Å²) in [6.45, 7) is -0.113. The van der Waals surface area contributed by atoms with Gasteiger partial charge < -0.3 is 10.2 Å². The van der Waals surface area contributed by atoms with Crippen LogP contribution in [0.1, 0.15) is 24.0 Å². The zero-order valence-electron chi connectivity index (χ0n) is 15.3. The molecule has 2 heterocycles. The van der Waals surface area contributed by atoms with E-state index in [1.807, 2.05) is 48.5 Å². The molecule has 0 saturated carbocycles. The molecule has 1 amide bonds. The van der Waals surface area contributed by atoms with Gasteiger partial charge in [0, 0.05) is 20.9 Å². The van der Waals surface area contributed by atoms with Crippen LogP contribution in [0.5, 0.6) is 11.8 Å². The summed E-state index contributed by atoms with van der Waals surface area (Å²) in [6, 6.07) is 15.6. The zero-order valence-corrected chi connectivity index (χ0v) is 16.1. The second-order valence-corrected chi connectivity index (χ2v) is 8.25. The number of carbonyl (C=O) groups is 1. The summed E-state index contributed by atoms with van der Waals surface area (Å²) >= 11 is 1.64. The molecule has 1 aliphatic heterocycles. The van der Waals surface area contributed by atoms with E-state index in [0.717, 1.165) is 58.0 Å². The second-order valence-electron chi connectivity index (χ2n) is 7.16. The topological polar surface area (TPSA) is 65.7 Å². The third-order valence-electron chi connectivity index (χ3n) is 5.49. The number of benzene rings is 2. The first-order chi connectivity index (χ1) is 13.6. The van der Waals surface area contributed by atoms with E-state index in [1.54, 1.807) is 16.7 Å². The van der Waals surface area contributed by atoms with Gasteiger partial charge in [-0.15, -0.1) is 0 Å². The van der Waals surface area contributed by atoms with Crippen LogP contribution in [0.25, 0.3) is 0 Å². The average molecular weight is 392 g/mol. The second kappa shape index (κ2) is 6.63. The highest BCUT2D eigenvalue weighted by atomic mass is 32.2. The van der Waals surface area contributed by atoms with Crippen molar-refractivity contribution in [3.05, 3.63) is 59.7 Å². The molecule has 0 unspecified atom stereocenters. The summed E-state index contributed by atoms with van der Waals surface area (Å²) in [5.41, 5.74) is 3.22. The first-order valence-electron chi connectivity index (χ1n) is 9.46. The highest BCUT2D eigenvalue weighted by Crippen LogP contribution is 2.48. The van der Waals surface area contributed by atoms with Crippen molar-refractivity contribution in [3.8, 4) is 11.8 Å². The normalized spacial score (nSPS) is 14.9. The highest BCUT2D eigenvalue weighted by molar-refractivity contribution is 7.99. The maximum atomic E-state index is 13.4. The Morgan fingerprint density at radius 3 is 1.89 bits per heavy atom. The van der Waals surface area contributed by atoms with E-state index in [-0.39, 0.29) is 24.2 Å². The number of aromatic nitrogens is 1. The van der Waals surface area contributed by atoms with Gasteiger partial charge in [-0.2, -0.15) is 0 Å². The number of anilines is 2. The molecule has 5 rings (SSSR count). The Kier molecular flexibility index (Phi) is 4.09. The van der Waals surface area contributed by atoms with E-state index in [2.05, 4.69) is 0 Å². The van der Waals surface area contributed by atoms with Crippen LogP contribution in [-0.2, 0) is 24.2 Å². The number of hydrogen-bond donors (Lipinski definition) is 2. The van der Waals surface area contributed by atoms with Gasteiger partial charge in [-0.3, -0.25) is 14.3 Å². The lowest BCUT2D eigenvalue weighted by atomic mass is 9.95.